The van der Waals surface area contributed by atoms with Crippen LogP contribution < -0.4 is 5.32 Å². The lowest BCUT2D eigenvalue weighted by Crippen LogP contribution is -2.42. The summed E-state index contributed by atoms with van der Waals surface area (Å²) in [6.45, 7) is 5.07. The summed E-state index contributed by atoms with van der Waals surface area (Å²) >= 11 is 0. The number of pyridine rings is 1. The van der Waals surface area contributed by atoms with E-state index >= 15 is 0 Å². The molecule has 2 fully saturated rings. The van der Waals surface area contributed by atoms with E-state index in [2.05, 4.69) is 10.3 Å². The molecule has 0 unspecified atom stereocenters. The fraction of sp³-hybridized carbons (Fsp3) is 0.588. The van der Waals surface area contributed by atoms with Crippen molar-refractivity contribution in [1.29, 1.82) is 0 Å². The normalized spacial score (nSPS) is 18.5. The van der Waals surface area contributed by atoms with Crippen molar-refractivity contribution in [3.8, 4) is 0 Å². The molecule has 2 aliphatic rings. The van der Waals surface area contributed by atoms with Crippen molar-refractivity contribution >= 4 is 11.9 Å². The molecule has 124 valence electrons. The molecule has 0 radical (unpaired) electrons. The molecule has 3 amide bonds. The van der Waals surface area contributed by atoms with Gasteiger partial charge in [-0.05, 0) is 38.3 Å². The molecule has 1 aliphatic heterocycles. The van der Waals surface area contributed by atoms with Gasteiger partial charge in [0.1, 0.15) is 0 Å². The number of rotatable bonds is 3. The summed E-state index contributed by atoms with van der Waals surface area (Å²) in [5, 5.41) is 2.92. The molecule has 1 N–H and O–H groups in total. The molecular formula is C17H24N4O2. The summed E-state index contributed by atoms with van der Waals surface area (Å²) in [4.78, 5) is 32.6. The molecule has 3 rings (SSSR count). The van der Waals surface area contributed by atoms with E-state index in [9.17, 15) is 9.59 Å². The SMILES string of the molecule is Cc1cccc(CNC(=O)N2CCCN(C(=O)C3CC3)CC2)n1. The lowest BCUT2D eigenvalue weighted by atomic mass is 10.3. The number of nitrogens with one attached hydrogen (secondary N) is 1. The summed E-state index contributed by atoms with van der Waals surface area (Å²) in [5.74, 6) is 0.527. The highest BCUT2D eigenvalue weighted by atomic mass is 16.2. The minimum Gasteiger partial charge on any atom is -0.341 e. The van der Waals surface area contributed by atoms with Gasteiger partial charge < -0.3 is 15.1 Å². The molecule has 6 heteroatoms. The van der Waals surface area contributed by atoms with E-state index in [-0.39, 0.29) is 17.9 Å². The Morgan fingerprint density at radius 2 is 1.91 bits per heavy atom. The van der Waals surface area contributed by atoms with Crippen LogP contribution in [0.3, 0.4) is 0 Å². The van der Waals surface area contributed by atoms with Crippen LogP contribution in [0.5, 0.6) is 0 Å². The highest BCUT2D eigenvalue weighted by molar-refractivity contribution is 5.81. The molecule has 1 aromatic heterocycles. The summed E-state index contributed by atoms with van der Waals surface area (Å²) < 4.78 is 0. The number of carbonyl (C=O) groups is 2. The predicted molar refractivity (Wildman–Crippen MR) is 86.7 cm³/mol. The van der Waals surface area contributed by atoms with Crippen molar-refractivity contribution in [2.75, 3.05) is 26.2 Å². The summed E-state index contributed by atoms with van der Waals surface area (Å²) in [5.41, 5.74) is 1.81. The van der Waals surface area contributed by atoms with Gasteiger partial charge in [-0.2, -0.15) is 0 Å². The van der Waals surface area contributed by atoms with Crippen molar-refractivity contribution in [1.82, 2.24) is 20.1 Å². The Bertz CT molecular complexity index is 586. The average molecular weight is 316 g/mol. The van der Waals surface area contributed by atoms with E-state index in [1.54, 1.807) is 4.90 Å². The summed E-state index contributed by atoms with van der Waals surface area (Å²) in [6, 6.07) is 5.71. The zero-order chi connectivity index (χ0) is 16.2. The number of aryl methyl sites for hydroxylation is 1. The van der Waals surface area contributed by atoms with E-state index in [0.29, 0.717) is 26.2 Å². The lowest BCUT2D eigenvalue weighted by Gasteiger charge is -2.22. The quantitative estimate of drug-likeness (QED) is 0.920. The Hall–Kier alpha value is -2.11. The van der Waals surface area contributed by atoms with E-state index in [0.717, 1.165) is 37.2 Å². The molecule has 1 saturated carbocycles. The second-order valence-corrected chi connectivity index (χ2v) is 6.37. The molecule has 23 heavy (non-hydrogen) atoms. The highest BCUT2D eigenvalue weighted by Gasteiger charge is 2.34. The number of carbonyl (C=O) groups excluding carboxylic acids is 2. The van der Waals surface area contributed by atoms with Crippen LogP contribution in [-0.2, 0) is 11.3 Å². The number of hydrogen-bond donors (Lipinski definition) is 1. The van der Waals surface area contributed by atoms with Crippen molar-refractivity contribution in [3.63, 3.8) is 0 Å². The van der Waals surface area contributed by atoms with E-state index < -0.39 is 0 Å². The minimum absolute atomic E-state index is 0.0750. The van der Waals surface area contributed by atoms with Gasteiger partial charge in [0.05, 0.1) is 12.2 Å². The van der Waals surface area contributed by atoms with Crippen molar-refractivity contribution in [2.45, 2.75) is 32.7 Å². The second kappa shape index (κ2) is 6.98. The topological polar surface area (TPSA) is 65.5 Å². The second-order valence-electron chi connectivity index (χ2n) is 6.37. The first-order valence-electron chi connectivity index (χ1n) is 8.37. The zero-order valence-corrected chi connectivity index (χ0v) is 13.6. The average Bonchev–Trinajstić information content (AvgIpc) is 3.38. The van der Waals surface area contributed by atoms with Gasteiger partial charge >= 0.3 is 6.03 Å². The molecule has 1 aliphatic carbocycles. The first-order chi connectivity index (χ1) is 11.1. The van der Waals surface area contributed by atoms with Crippen LogP contribution >= 0.6 is 0 Å². The molecule has 0 bridgehead atoms. The minimum atomic E-state index is -0.0750. The Kier molecular flexibility index (Phi) is 4.79. The van der Waals surface area contributed by atoms with Gasteiger partial charge in [-0.15, -0.1) is 0 Å². The monoisotopic (exact) mass is 316 g/mol. The summed E-state index contributed by atoms with van der Waals surface area (Å²) in [7, 11) is 0. The molecule has 0 atom stereocenters. The Morgan fingerprint density at radius 3 is 2.65 bits per heavy atom. The number of nitrogens with zero attached hydrogens (tertiary/aromatic N) is 3. The van der Waals surface area contributed by atoms with Crippen LogP contribution in [0, 0.1) is 12.8 Å². The fourth-order valence-electron chi connectivity index (χ4n) is 2.91. The van der Waals surface area contributed by atoms with Gasteiger partial charge in [0.15, 0.2) is 0 Å². The first kappa shape index (κ1) is 15.8. The van der Waals surface area contributed by atoms with Gasteiger partial charge in [0.2, 0.25) is 5.91 Å². The number of aromatic nitrogens is 1. The molecule has 1 aromatic rings. The van der Waals surface area contributed by atoms with Crippen LogP contribution in [0.25, 0.3) is 0 Å². The first-order valence-corrected chi connectivity index (χ1v) is 8.37. The Balaban J connectivity index is 1.48. The number of urea groups is 1. The van der Waals surface area contributed by atoms with Crippen LogP contribution in [-0.4, -0.2) is 52.9 Å². The molecule has 2 heterocycles. The van der Waals surface area contributed by atoms with Crippen LogP contribution in [0.1, 0.15) is 30.7 Å². The standard InChI is InChI=1S/C17H24N4O2/c1-13-4-2-5-15(19-13)12-18-17(23)21-9-3-8-20(10-11-21)16(22)14-6-7-14/h2,4-5,14H,3,6-12H2,1H3,(H,18,23). The number of hydrogen-bond acceptors (Lipinski definition) is 3. The van der Waals surface area contributed by atoms with E-state index in [4.69, 9.17) is 0 Å². The predicted octanol–water partition coefficient (Wildman–Crippen LogP) is 1.54. The van der Waals surface area contributed by atoms with Gasteiger partial charge in [-0.1, -0.05) is 6.07 Å². The fourth-order valence-corrected chi connectivity index (χ4v) is 2.91. The van der Waals surface area contributed by atoms with Crippen LogP contribution in [0.4, 0.5) is 4.79 Å². The van der Waals surface area contributed by atoms with Crippen LogP contribution in [0.2, 0.25) is 0 Å². The molecule has 0 aromatic carbocycles. The Labute approximate surface area is 136 Å². The maximum atomic E-state index is 12.3. The smallest absolute Gasteiger partial charge is 0.317 e. The van der Waals surface area contributed by atoms with Gasteiger partial charge in [-0.25, -0.2) is 4.79 Å². The van der Waals surface area contributed by atoms with Crippen molar-refractivity contribution in [3.05, 3.63) is 29.6 Å². The van der Waals surface area contributed by atoms with Crippen molar-refractivity contribution in [2.24, 2.45) is 5.92 Å². The van der Waals surface area contributed by atoms with Crippen molar-refractivity contribution < 1.29 is 9.59 Å². The number of amides is 3. The molecule has 6 nitrogen and oxygen atoms in total. The van der Waals surface area contributed by atoms with E-state index in [1.807, 2.05) is 30.0 Å². The highest BCUT2D eigenvalue weighted by Crippen LogP contribution is 2.31. The van der Waals surface area contributed by atoms with E-state index in [1.165, 1.54) is 0 Å². The maximum Gasteiger partial charge on any atom is 0.317 e. The Morgan fingerprint density at radius 1 is 1.17 bits per heavy atom. The third-order valence-electron chi connectivity index (χ3n) is 4.39. The van der Waals surface area contributed by atoms with Gasteiger partial charge in [0, 0.05) is 37.8 Å². The largest absolute Gasteiger partial charge is 0.341 e. The molecule has 1 saturated heterocycles. The van der Waals surface area contributed by atoms with Crippen LogP contribution in [0.15, 0.2) is 18.2 Å². The third kappa shape index (κ3) is 4.21. The molecule has 0 spiro atoms. The lowest BCUT2D eigenvalue weighted by molar-refractivity contribution is -0.132. The van der Waals surface area contributed by atoms with Gasteiger partial charge in [-0.3, -0.25) is 9.78 Å². The summed E-state index contributed by atoms with van der Waals surface area (Å²) in [6.07, 6.45) is 2.90. The zero-order valence-electron chi connectivity index (χ0n) is 13.6. The molecular weight excluding hydrogens is 292 g/mol. The third-order valence-corrected chi connectivity index (χ3v) is 4.39. The maximum absolute atomic E-state index is 12.3. The van der Waals surface area contributed by atoms with Gasteiger partial charge in [0.25, 0.3) is 0 Å².